The van der Waals surface area contributed by atoms with Crippen molar-refractivity contribution in [2.45, 2.75) is 77.5 Å². The fourth-order valence-corrected chi connectivity index (χ4v) is 8.62. The van der Waals surface area contributed by atoms with Gasteiger partial charge in [-0.1, -0.05) is 52.0 Å². The maximum Gasteiger partial charge on any atom is 0.407 e. The van der Waals surface area contributed by atoms with Gasteiger partial charge in [0.2, 0.25) is 11.8 Å². The standard InChI is InChI=1S/C40H48N8O7S/c1-21(2)33(45-39(51)53-5)37(49)47-15-7-9-27(47)35-41-19-25(43-35)23-11-13-24(14-12-23)31-18-30-32(56-31)17-29(55-30)26-20-42-36(44-26)28-10-8-16-48(28)38(50)34(22(3)4)46-40(52)54-6/h11-14,17-22,27-28,33-34H,7-10,15-16H2,1-6H3,(H,41,43)(H,42,44)(H,45,51)(H,46,52)/t27-,28-,33-,34-/m1/s1. The van der Waals surface area contributed by atoms with E-state index in [-0.39, 0.29) is 35.7 Å². The number of aromatic nitrogens is 4. The number of rotatable bonds is 11. The van der Waals surface area contributed by atoms with Crippen LogP contribution in [0.25, 0.3) is 43.4 Å². The number of ether oxygens (including phenoxy) is 2. The number of thiophene rings is 1. The van der Waals surface area contributed by atoms with Gasteiger partial charge < -0.3 is 44.3 Å². The molecule has 2 aliphatic rings. The van der Waals surface area contributed by atoms with Gasteiger partial charge in [-0.25, -0.2) is 19.6 Å². The highest BCUT2D eigenvalue weighted by Gasteiger charge is 2.39. The van der Waals surface area contributed by atoms with E-state index in [0.29, 0.717) is 24.7 Å². The van der Waals surface area contributed by atoms with Gasteiger partial charge in [0.05, 0.1) is 49.1 Å². The van der Waals surface area contributed by atoms with Gasteiger partial charge in [-0.15, -0.1) is 11.3 Å². The van der Waals surface area contributed by atoms with Gasteiger partial charge in [-0.3, -0.25) is 9.59 Å². The Morgan fingerprint density at radius 2 is 1.27 bits per heavy atom. The van der Waals surface area contributed by atoms with E-state index in [0.717, 1.165) is 69.2 Å². The molecule has 0 spiro atoms. The first-order valence-corrected chi connectivity index (χ1v) is 19.8. The molecule has 7 rings (SSSR count). The van der Waals surface area contributed by atoms with Crippen LogP contribution in [0.4, 0.5) is 9.59 Å². The zero-order chi connectivity index (χ0) is 39.7. The summed E-state index contributed by atoms with van der Waals surface area (Å²) in [5.41, 5.74) is 4.36. The first-order valence-electron chi connectivity index (χ1n) is 19.0. The van der Waals surface area contributed by atoms with Crippen LogP contribution in [-0.2, 0) is 19.1 Å². The van der Waals surface area contributed by atoms with Crippen molar-refractivity contribution >= 4 is 45.6 Å². The molecule has 15 nitrogen and oxygen atoms in total. The van der Waals surface area contributed by atoms with Crippen LogP contribution in [0.2, 0.25) is 0 Å². The van der Waals surface area contributed by atoms with E-state index in [1.807, 2.05) is 52.0 Å². The zero-order valence-electron chi connectivity index (χ0n) is 32.4. The Morgan fingerprint density at radius 3 is 1.77 bits per heavy atom. The molecule has 0 unspecified atom stereocenters. The molecule has 0 aliphatic carbocycles. The summed E-state index contributed by atoms with van der Waals surface area (Å²) in [5.74, 6) is 1.53. The molecule has 6 heterocycles. The fourth-order valence-electron chi connectivity index (χ4n) is 7.59. The molecular weight excluding hydrogens is 737 g/mol. The van der Waals surface area contributed by atoms with E-state index < -0.39 is 24.3 Å². The first kappa shape index (κ1) is 38.6. The SMILES string of the molecule is COC(=O)N[C@@H](C(=O)N1CCC[C@@H]1c1ncc(-c2ccc(-c3cc4oc(-c5cnc([C@H]6CCCN6C(=O)[C@H](NC(=O)OC)C(C)C)[nH]5)cc4s3)cc2)[nH]1)C(C)C. The molecule has 1 aromatic carbocycles. The molecule has 5 aromatic rings. The molecule has 4 atom stereocenters. The monoisotopic (exact) mass is 784 g/mol. The molecular formula is C40H48N8O7S. The Hall–Kier alpha value is -5.64. The number of fused-ring (bicyclic) bond motifs is 1. The molecule has 0 bridgehead atoms. The Balaban J connectivity index is 1.02. The van der Waals surface area contributed by atoms with Gasteiger partial charge in [0.1, 0.15) is 35.0 Å². The average Bonchev–Trinajstić information content (AvgIpc) is 4.04. The number of nitrogens with zero attached hydrogens (tertiary/aromatic N) is 4. The largest absolute Gasteiger partial charge is 0.454 e. The average molecular weight is 785 g/mol. The second-order valence-corrected chi connectivity index (χ2v) is 16.1. The molecule has 4 amide bonds. The number of benzene rings is 1. The van der Waals surface area contributed by atoms with E-state index in [2.05, 4.69) is 42.7 Å². The maximum atomic E-state index is 13.5. The number of H-pyrrole nitrogens is 2. The summed E-state index contributed by atoms with van der Waals surface area (Å²) in [6.45, 7) is 8.75. The lowest BCUT2D eigenvalue weighted by Gasteiger charge is -2.30. The van der Waals surface area contributed by atoms with Crippen LogP contribution in [0.5, 0.6) is 0 Å². The number of carbonyl (C=O) groups is 4. The summed E-state index contributed by atoms with van der Waals surface area (Å²) in [7, 11) is 2.57. The van der Waals surface area contributed by atoms with Crippen LogP contribution in [0, 0.1) is 11.8 Å². The molecule has 2 aliphatic heterocycles. The molecule has 0 saturated carbocycles. The van der Waals surface area contributed by atoms with E-state index in [9.17, 15) is 19.2 Å². The van der Waals surface area contributed by atoms with E-state index in [1.54, 1.807) is 33.5 Å². The van der Waals surface area contributed by atoms with Crippen molar-refractivity contribution in [2.24, 2.45) is 11.8 Å². The molecule has 2 saturated heterocycles. The van der Waals surface area contributed by atoms with Crippen LogP contribution < -0.4 is 10.6 Å². The summed E-state index contributed by atoms with van der Waals surface area (Å²) in [4.78, 5) is 71.8. The van der Waals surface area contributed by atoms with E-state index >= 15 is 0 Å². The van der Waals surface area contributed by atoms with Crippen LogP contribution in [0.15, 0.2) is 53.2 Å². The molecule has 16 heteroatoms. The van der Waals surface area contributed by atoms with E-state index in [1.165, 1.54) is 14.2 Å². The van der Waals surface area contributed by atoms with Crippen molar-refractivity contribution in [1.29, 1.82) is 0 Å². The Labute approximate surface area is 328 Å². The minimum absolute atomic E-state index is 0.108. The molecule has 4 aromatic heterocycles. The smallest absolute Gasteiger partial charge is 0.407 e. The highest BCUT2D eigenvalue weighted by Crippen LogP contribution is 2.40. The Bertz CT molecular complexity index is 2170. The lowest BCUT2D eigenvalue weighted by atomic mass is 10.0. The minimum Gasteiger partial charge on any atom is -0.454 e. The predicted octanol–water partition coefficient (Wildman–Crippen LogP) is 7.03. The number of amides is 4. The topological polar surface area (TPSA) is 188 Å². The second kappa shape index (κ2) is 16.2. The third-order valence-corrected chi connectivity index (χ3v) is 11.7. The highest BCUT2D eigenvalue weighted by molar-refractivity contribution is 7.22. The lowest BCUT2D eigenvalue weighted by Crippen LogP contribution is -2.51. The number of likely N-dealkylation sites (tertiary alicyclic amines) is 2. The van der Waals surface area contributed by atoms with E-state index in [4.69, 9.17) is 13.9 Å². The summed E-state index contributed by atoms with van der Waals surface area (Å²) >= 11 is 1.63. The number of aromatic amines is 2. The molecule has 56 heavy (non-hydrogen) atoms. The highest BCUT2D eigenvalue weighted by atomic mass is 32.1. The number of hydrogen-bond acceptors (Lipinski definition) is 10. The number of hydrogen-bond donors (Lipinski definition) is 4. The van der Waals surface area contributed by atoms with Crippen molar-refractivity contribution in [2.75, 3.05) is 27.3 Å². The lowest BCUT2D eigenvalue weighted by molar-refractivity contribution is -0.136. The molecule has 296 valence electrons. The van der Waals surface area contributed by atoms with Crippen molar-refractivity contribution < 1.29 is 33.1 Å². The third kappa shape index (κ3) is 7.74. The Morgan fingerprint density at radius 1 is 0.768 bits per heavy atom. The molecule has 2 fully saturated rings. The normalized spacial score (nSPS) is 18.1. The summed E-state index contributed by atoms with van der Waals surface area (Å²) in [6, 6.07) is 10.4. The number of carbonyl (C=O) groups excluding carboxylic acids is 4. The number of methoxy groups -OCH3 is 2. The van der Waals surface area contributed by atoms with Crippen LogP contribution in [0.1, 0.15) is 77.1 Å². The fraction of sp³-hybridized carbons (Fsp3) is 0.450. The van der Waals surface area contributed by atoms with Crippen LogP contribution >= 0.6 is 11.3 Å². The van der Waals surface area contributed by atoms with Crippen LogP contribution in [0.3, 0.4) is 0 Å². The van der Waals surface area contributed by atoms with Gasteiger partial charge in [-0.2, -0.15) is 0 Å². The zero-order valence-corrected chi connectivity index (χ0v) is 33.2. The van der Waals surface area contributed by atoms with Crippen molar-refractivity contribution in [1.82, 2.24) is 40.4 Å². The first-order chi connectivity index (χ1) is 26.9. The van der Waals surface area contributed by atoms with Crippen molar-refractivity contribution in [3.8, 4) is 33.2 Å². The Kier molecular flexibility index (Phi) is 11.2. The number of alkyl carbamates (subject to hydrolysis) is 2. The molecule has 4 N–H and O–H groups in total. The number of furan rings is 1. The van der Waals surface area contributed by atoms with Gasteiger partial charge >= 0.3 is 12.2 Å². The summed E-state index contributed by atoms with van der Waals surface area (Å²) in [5, 5.41) is 5.38. The third-order valence-electron chi connectivity index (χ3n) is 10.6. The predicted molar refractivity (Wildman–Crippen MR) is 210 cm³/mol. The van der Waals surface area contributed by atoms with Crippen molar-refractivity contribution in [3.63, 3.8) is 0 Å². The number of nitrogens with one attached hydrogen (secondary N) is 4. The van der Waals surface area contributed by atoms with Gasteiger partial charge in [0.25, 0.3) is 0 Å². The van der Waals surface area contributed by atoms with Gasteiger partial charge in [0, 0.05) is 30.1 Å². The quantitative estimate of drug-likeness (QED) is 0.109. The second-order valence-electron chi connectivity index (χ2n) is 15.0. The van der Waals surface area contributed by atoms with Gasteiger partial charge in [0.15, 0.2) is 5.76 Å². The van der Waals surface area contributed by atoms with Crippen LogP contribution in [-0.4, -0.2) is 93.1 Å². The van der Waals surface area contributed by atoms with Gasteiger partial charge in [-0.05, 0) is 48.6 Å². The summed E-state index contributed by atoms with van der Waals surface area (Å²) in [6.07, 6.45) is 5.48. The van der Waals surface area contributed by atoms with Crippen molar-refractivity contribution in [3.05, 3.63) is 60.4 Å². The maximum absolute atomic E-state index is 13.5. The summed E-state index contributed by atoms with van der Waals surface area (Å²) < 4.78 is 16.8. The minimum atomic E-state index is -0.701. The number of imidazole rings is 2. The molecule has 0 radical (unpaired) electrons.